The number of benzene rings is 1. The van der Waals surface area contributed by atoms with Crippen molar-refractivity contribution < 1.29 is 22.8 Å². The van der Waals surface area contributed by atoms with Gasteiger partial charge < -0.3 is 9.63 Å². The lowest BCUT2D eigenvalue weighted by atomic mass is 10.0. The summed E-state index contributed by atoms with van der Waals surface area (Å²) in [5, 5.41) is 16.4. The van der Waals surface area contributed by atoms with Crippen molar-refractivity contribution in [2.75, 3.05) is 6.61 Å². The molecule has 144 valence electrons. The Kier molecular flexibility index (Phi) is 5.31. The molecule has 0 amide bonds. The molecule has 1 N–H and O–H groups in total. The smallest absolute Gasteiger partial charge is 0.396 e. The Hall–Kier alpha value is -2.68. The molecule has 0 saturated heterocycles. The van der Waals surface area contributed by atoms with E-state index in [-0.39, 0.29) is 24.4 Å². The van der Waals surface area contributed by atoms with Crippen LogP contribution < -0.4 is 0 Å². The molecule has 0 aliphatic heterocycles. The lowest BCUT2D eigenvalue weighted by molar-refractivity contribution is -0.142. The van der Waals surface area contributed by atoms with Crippen molar-refractivity contribution in [2.45, 2.75) is 38.9 Å². The minimum Gasteiger partial charge on any atom is -0.396 e. The third-order valence-electron chi connectivity index (χ3n) is 4.09. The third kappa shape index (κ3) is 4.36. The van der Waals surface area contributed by atoms with Gasteiger partial charge in [-0.2, -0.15) is 23.3 Å². The van der Waals surface area contributed by atoms with E-state index in [2.05, 4.69) is 29.1 Å². The van der Waals surface area contributed by atoms with E-state index < -0.39 is 18.5 Å². The van der Waals surface area contributed by atoms with Gasteiger partial charge >= 0.3 is 6.18 Å². The molecule has 9 heteroatoms. The van der Waals surface area contributed by atoms with Crippen molar-refractivity contribution >= 4 is 0 Å². The second-order valence-electron chi connectivity index (χ2n) is 6.46. The van der Waals surface area contributed by atoms with Crippen molar-refractivity contribution in [3.8, 4) is 11.4 Å². The highest BCUT2D eigenvalue weighted by Gasteiger charge is 2.37. The molecule has 3 rings (SSSR count). The Morgan fingerprint density at radius 2 is 1.89 bits per heavy atom. The summed E-state index contributed by atoms with van der Waals surface area (Å²) in [6.45, 7) is 3.69. The van der Waals surface area contributed by atoms with Gasteiger partial charge in [-0.15, -0.1) is 0 Å². The van der Waals surface area contributed by atoms with E-state index in [1.165, 1.54) is 11.8 Å². The molecule has 0 aliphatic rings. The van der Waals surface area contributed by atoms with Crippen molar-refractivity contribution in [1.29, 1.82) is 0 Å². The number of halogens is 3. The van der Waals surface area contributed by atoms with Crippen molar-refractivity contribution in [1.82, 2.24) is 19.9 Å². The number of aromatic nitrogens is 4. The second kappa shape index (κ2) is 7.51. The number of alkyl halides is 3. The highest BCUT2D eigenvalue weighted by atomic mass is 19.4. The van der Waals surface area contributed by atoms with E-state index >= 15 is 0 Å². The fourth-order valence-corrected chi connectivity index (χ4v) is 2.68. The molecule has 0 spiro atoms. The SMILES string of the molecule is CC(C)c1ccc(-c2noc(Cn3cc(CCO)c(C(F)(F)F)n3)n2)cc1. The number of rotatable bonds is 6. The van der Waals surface area contributed by atoms with Crippen molar-refractivity contribution in [2.24, 2.45) is 0 Å². The zero-order valence-electron chi connectivity index (χ0n) is 14.9. The number of nitrogens with zero attached hydrogens (tertiary/aromatic N) is 4. The quantitative estimate of drug-likeness (QED) is 0.706. The maximum Gasteiger partial charge on any atom is 0.435 e. The molecule has 6 nitrogen and oxygen atoms in total. The molecule has 0 unspecified atom stereocenters. The third-order valence-corrected chi connectivity index (χ3v) is 4.09. The molecule has 3 aromatic rings. The van der Waals surface area contributed by atoms with E-state index in [4.69, 9.17) is 9.63 Å². The summed E-state index contributed by atoms with van der Waals surface area (Å²) >= 11 is 0. The average Bonchev–Trinajstić information content (AvgIpc) is 3.22. The van der Waals surface area contributed by atoms with E-state index in [1.807, 2.05) is 24.3 Å². The van der Waals surface area contributed by atoms with Crippen LogP contribution in [0, 0.1) is 0 Å². The second-order valence-corrected chi connectivity index (χ2v) is 6.46. The van der Waals surface area contributed by atoms with Crippen molar-refractivity contribution in [3.05, 3.63) is 53.2 Å². The van der Waals surface area contributed by atoms with Gasteiger partial charge in [-0.25, -0.2) is 0 Å². The van der Waals surface area contributed by atoms with Crippen LogP contribution in [0.5, 0.6) is 0 Å². The fraction of sp³-hybridized carbons (Fsp3) is 0.389. The number of hydrogen-bond donors (Lipinski definition) is 1. The van der Waals surface area contributed by atoms with Crippen LogP contribution >= 0.6 is 0 Å². The minimum atomic E-state index is -4.59. The monoisotopic (exact) mass is 380 g/mol. The summed E-state index contributed by atoms with van der Waals surface area (Å²) in [6.07, 6.45) is -3.49. The summed E-state index contributed by atoms with van der Waals surface area (Å²) in [6, 6.07) is 7.69. The van der Waals surface area contributed by atoms with E-state index in [0.717, 1.165) is 10.2 Å². The van der Waals surface area contributed by atoms with Gasteiger partial charge in [0.2, 0.25) is 11.7 Å². The molecule has 0 fully saturated rings. The van der Waals surface area contributed by atoms with Crippen LogP contribution in [0.25, 0.3) is 11.4 Å². The Balaban J connectivity index is 1.79. The standard InChI is InChI=1S/C18H19F3N4O2/c1-11(2)12-3-5-13(6-4-12)17-22-15(27-24-17)10-25-9-14(7-8-26)16(23-25)18(19,20)21/h3-6,9,11,26H,7-8,10H2,1-2H3. The van der Waals surface area contributed by atoms with Crippen molar-refractivity contribution in [3.63, 3.8) is 0 Å². The van der Waals surface area contributed by atoms with Crippen LogP contribution in [0.2, 0.25) is 0 Å². The highest BCUT2D eigenvalue weighted by molar-refractivity contribution is 5.54. The average molecular weight is 380 g/mol. The Bertz CT molecular complexity index is 898. The first-order valence-electron chi connectivity index (χ1n) is 8.45. The Morgan fingerprint density at radius 1 is 1.19 bits per heavy atom. The molecule has 1 aromatic carbocycles. The zero-order valence-corrected chi connectivity index (χ0v) is 14.9. The molecule has 0 bridgehead atoms. The largest absolute Gasteiger partial charge is 0.435 e. The lowest BCUT2D eigenvalue weighted by Gasteiger charge is -2.04. The predicted octanol–water partition coefficient (Wildman–Crippen LogP) is 3.66. The van der Waals surface area contributed by atoms with Gasteiger partial charge in [0.15, 0.2) is 5.69 Å². The summed E-state index contributed by atoms with van der Waals surface area (Å²) in [7, 11) is 0. The normalized spacial score (nSPS) is 12.1. The Morgan fingerprint density at radius 3 is 2.48 bits per heavy atom. The van der Waals surface area contributed by atoms with Crippen LogP contribution in [0.1, 0.15) is 42.5 Å². The summed E-state index contributed by atoms with van der Waals surface area (Å²) < 4.78 is 45.3. The summed E-state index contributed by atoms with van der Waals surface area (Å²) in [4.78, 5) is 4.23. The van der Waals surface area contributed by atoms with Gasteiger partial charge in [0.05, 0.1) is 0 Å². The molecule has 2 heterocycles. The number of hydrogen-bond acceptors (Lipinski definition) is 5. The summed E-state index contributed by atoms with van der Waals surface area (Å²) in [5.41, 5.74) is 0.844. The zero-order chi connectivity index (χ0) is 19.6. The predicted molar refractivity (Wildman–Crippen MR) is 90.9 cm³/mol. The fourth-order valence-electron chi connectivity index (χ4n) is 2.68. The first-order chi connectivity index (χ1) is 12.8. The maximum absolute atomic E-state index is 13.0. The van der Waals surface area contributed by atoms with Gasteiger partial charge in [-0.05, 0) is 17.9 Å². The van der Waals surface area contributed by atoms with Gasteiger partial charge in [0.1, 0.15) is 6.54 Å². The first kappa shape index (κ1) is 19.1. The molecule has 2 aromatic heterocycles. The van der Waals surface area contributed by atoms with Gasteiger partial charge in [-0.1, -0.05) is 43.3 Å². The van der Waals surface area contributed by atoms with Gasteiger partial charge in [0, 0.05) is 23.9 Å². The van der Waals surface area contributed by atoms with Gasteiger partial charge in [-0.3, -0.25) is 4.68 Å². The van der Waals surface area contributed by atoms with E-state index in [0.29, 0.717) is 11.7 Å². The van der Waals surface area contributed by atoms with E-state index in [9.17, 15) is 13.2 Å². The topological polar surface area (TPSA) is 77.0 Å². The van der Waals surface area contributed by atoms with Crippen LogP contribution in [-0.2, 0) is 19.1 Å². The lowest BCUT2D eigenvalue weighted by Crippen LogP contribution is -2.11. The van der Waals surface area contributed by atoms with Crippen LogP contribution in [0.4, 0.5) is 13.2 Å². The summed E-state index contributed by atoms with van der Waals surface area (Å²) in [5.74, 6) is 0.902. The molecule has 0 atom stereocenters. The number of aliphatic hydroxyl groups excluding tert-OH is 1. The molecule has 0 radical (unpaired) electrons. The van der Waals surface area contributed by atoms with Gasteiger partial charge in [0.25, 0.3) is 0 Å². The van der Waals surface area contributed by atoms with Crippen LogP contribution in [-0.4, -0.2) is 31.6 Å². The first-order valence-corrected chi connectivity index (χ1v) is 8.45. The highest BCUT2D eigenvalue weighted by Crippen LogP contribution is 2.31. The molecule has 0 aliphatic carbocycles. The number of aliphatic hydroxyl groups is 1. The molecular formula is C18H19F3N4O2. The van der Waals surface area contributed by atoms with Crippen LogP contribution in [0.15, 0.2) is 35.0 Å². The van der Waals surface area contributed by atoms with E-state index in [1.54, 1.807) is 0 Å². The Labute approximate surface area is 153 Å². The van der Waals surface area contributed by atoms with Crippen LogP contribution in [0.3, 0.4) is 0 Å². The molecule has 0 saturated carbocycles. The molecular weight excluding hydrogens is 361 g/mol. The maximum atomic E-state index is 13.0. The minimum absolute atomic E-state index is 0.0750. The molecule has 27 heavy (non-hydrogen) atoms.